The Labute approximate surface area is 175 Å². The first-order valence-corrected chi connectivity index (χ1v) is 10.8. The van der Waals surface area contributed by atoms with Gasteiger partial charge in [0.1, 0.15) is 0 Å². The summed E-state index contributed by atoms with van der Waals surface area (Å²) < 4.78 is 0. The van der Waals surface area contributed by atoms with E-state index >= 15 is 0 Å². The average Bonchev–Trinajstić information content (AvgIpc) is 2.73. The van der Waals surface area contributed by atoms with Crippen LogP contribution >= 0.6 is 0 Å². The molecule has 1 aromatic carbocycles. The molecular weight excluding hydrogens is 358 g/mol. The zero-order valence-corrected chi connectivity index (χ0v) is 18.3. The standard InChI is InChI=1S/C25H35N3O/c1-19(20-10-6-5-7-11-20)18-28-16-13-21(14-17-28)23(22-12-8-9-15-26-22)27-24(29)25(2,3)4/h5-12,15,19,21,23H,13-14,16-18H2,1-4H3,(H,27,29)/t19-,23-/m1/s1. The van der Waals surface area contributed by atoms with Gasteiger partial charge in [0.05, 0.1) is 11.7 Å². The third-order valence-electron chi connectivity index (χ3n) is 5.98. The number of carbonyl (C=O) groups excluding carboxylic acids is 1. The van der Waals surface area contributed by atoms with E-state index in [-0.39, 0.29) is 11.9 Å². The van der Waals surface area contributed by atoms with Crippen molar-refractivity contribution in [3.8, 4) is 0 Å². The number of rotatable bonds is 6. The molecule has 2 aromatic rings. The zero-order chi connectivity index (χ0) is 20.9. The van der Waals surface area contributed by atoms with Gasteiger partial charge in [-0.25, -0.2) is 0 Å². The molecule has 2 atom stereocenters. The highest BCUT2D eigenvalue weighted by atomic mass is 16.2. The maximum Gasteiger partial charge on any atom is 0.225 e. The van der Waals surface area contributed by atoms with E-state index in [9.17, 15) is 4.79 Å². The van der Waals surface area contributed by atoms with Gasteiger partial charge in [0.25, 0.3) is 0 Å². The number of nitrogens with one attached hydrogen (secondary N) is 1. The third kappa shape index (κ3) is 5.89. The summed E-state index contributed by atoms with van der Waals surface area (Å²) >= 11 is 0. The highest BCUT2D eigenvalue weighted by molar-refractivity contribution is 5.81. The largest absolute Gasteiger partial charge is 0.347 e. The first-order chi connectivity index (χ1) is 13.8. The van der Waals surface area contributed by atoms with Crippen LogP contribution in [0.1, 0.15) is 63.8 Å². The van der Waals surface area contributed by atoms with Crippen molar-refractivity contribution in [1.29, 1.82) is 0 Å². The van der Waals surface area contributed by atoms with Crippen LogP contribution in [0.3, 0.4) is 0 Å². The lowest BCUT2D eigenvalue weighted by Gasteiger charge is -2.38. The van der Waals surface area contributed by atoms with Crippen LogP contribution in [0.4, 0.5) is 0 Å². The number of aromatic nitrogens is 1. The van der Waals surface area contributed by atoms with Crippen LogP contribution in [0.5, 0.6) is 0 Å². The van der Waals surface area contributed by atoms with Crippen molar-refractivity contribution in [1.82, 2.24) is 15.2 Å². The molecule has 0 saturated carbocycles. The molecule has 156 valence electrons. The lowest BCUT2D eigenvalue weighted by Crippen LogP contribution is -2.44. The van der Waals surface area contributed by atoms with Crippen LogP contribution < -0.4 is 5.32 Å². The second-order valence-electron chi connectivity index (χ2n) is 9.41. The first-order valence-electron chi connectivity index (χ1n) is 10.8. The third-order valence-corrected chi connectivity index (χ3v) is 5.98. The van der Waals surface area contributed by atoms with Gasteiger partial charge in [0.2, 0.25) is 5.91 Å². The van der Waals surface area contributed by atoms with Crippen molar-refractivity contribution in [2.24, 2.45) is 11.3 Å². The minimum atomic E-state index is -0.404. The molecule has 1 N–H and O–H groups in total. The van der Waals surface area contributed by atoms with E-state index in [0.29, 0.717) is 11.8 Å². The Morgan fingerprint density at radius 1 is 1.10 bits per heavy atom. The molecule has 3 rings (SSSR count). The number of piperidine rings is 1. The molecule has 0 unspecified atom stereocenters. The Kier molecular flexibility index (Phi) is 7.07. The predicted octanol–water partition coefficient (Wildman–Crippen LogP) is 4.80. The second-order valence-corrected chi connectivity index (χ2v) is 9.41. The van der Waals surface area contributed by atoms with Crippen molar-refractivity contribution in [3.63, 3.8) is 0 Å². The second kappa shape index (κ2) is 9.53. The molecule has 0 spiro atoms. The minimum absolute atomic E-state index is 0.0170. The van der Waals surface area contributed by atoms with Crippen molar-refractivity contribution in [2.45, 2.75) is 52.5 Å². The number of hydrogen-bond acceptors (Lipinski definition) is 3. The number of likely N-dealkylation sites (tertiary alicyclic amines) is 1. The molecule has 1 aromatic heterocycles. The van der Waals surface area contributed by atoms with Crippen LogP contribution in [0.25, 0.3) is 0 Å². The summed E-state index contributed by atoms with van der Waals surface area (Å²) in [4.78, 5) is 19.8. The van der Waals surface area contributed by atoms with Gasteiger partial charge in [-0.05, 0) is 55.5 Å². The summed E-state index contributed by atoms with van der Waals surface area (Å²) in [6.07, 6.45) is 3.97. The van der Waals surface area contributed by atoms with Crippen LogP contribution in [0.15, 0.2) is 54.7 Å². The maximum absolute atomic E-state index is 12.7. The lowest BCUT2D eigenvalue weighted by atomic mass is 9.85. The minimum Gasteiger partial charge on any atom is -0.347 e. The van der Waals surface area contributed by atoms with Crippen LogP contribution in [-0.2, 0) is 4.79 Å². The van der Waals surface area contributed by atoms with E-state index < -0.39 is 5.41 Å². The fraction of sp³-hybridized carbons (Fsp3) is 0.520. The molecule has 0 radical (unpaired) electrons. The molecule has 1 aliphatic heterocycles. The highest BCUT2D eigenvalue weighted by Crippen LogP contribution is 2.32. The van der Waals surface area contributed by atoms with Crippen molar-refractivity contribution >= 4 is 5.91 Å². The zero-order valence-electron chi connectivity index (χ0n) is 18.3. The first kappa shape index (κ1) is 21.5. The van der Waals surface area contributed by atoms with E-state index in [1.165, 1.54) is 5.56 Å². The number of pyridine rings is 1. The molecule has 4 nitrogen and oxygen atoms in total. The Bertz CT molecular complexity index is 762. The quantitative estimate of drug-likeness (QED) is 0.767. The summed E-state index contributed by atoms with van der Waals surface area (Å²) in [7, 11) is 0. The molecule has 29 heavy (non-hydrogen) atoms. The Morgan fingerprint density at radius 3 is 2.34 bits per heavy atom. The van der Waals surface area contributed by atoms with Gasteiger partial charge in [-0.15, -0.1) is 0 Å². The summed E-state index contributed by atoms with van der Waals surface area (Å²) in [6, 6.07) is 16.7. The summed E-state index contributed by atoms with van der Waals surface area (Å²) in [5.41, 5.74) is 1.97. The number of carbonyl (C=O) groups is 1. The van der Waals surface area contributed by atoms with E-state index in [1.54, 1.807) is 0 Å². The SMILES string of the molecule is C[C@H](CN1CCC([C@@H](NC(=O)C(C)(C)C)c2ccccn2)CC1)c1ccccc1. The molecule has 4 heteroatoms. The average molecular weight is 394 g/mol. The number of hydrogen-bond donors (Lipinski definition) is 1. The van der Waals surface area contributed by atoms with Crippen molar-refractivity contribution in [3.05, 3.63) is 66.0 Å². The van der Waals surface area contributed by atoms with E-state index in [0.717, 1.165) is 38.2 Å². The summed E-state index contributed by atoms with van der Waals surface area (Å²) in [5, 5.41) is 3.30. The molecule has 1 saturated heterocycles. The van der Waals surface area contributed by atoms with Gasteiger partial charge in [-0.3, -0.25) is 9.78 Å². The maximum atomic E-state index is 12.7. The molecule has 2 heterocycles. The molecule has 1 amide bonds. The van der Waals surface area contributed by atoms with Gasteiger partial charge < -0.3 is 10.2 Å². The molecule has 1 fully saturated rings. The van der Waals surface area contributed by atoms with Crippen LogP contribution in [-0.4, -0.2) is 35.4 Å². The lowest BCUT2D eigenvalue weighted by molar-refractivity contribution is -0.129. The molecule has 0 aliphatic carbocycles. The van der Waals surface area contributed by atoms with Crippen LogP contribution in [0.2, 0.25) is 0 Å². The monoisotopic (exact) mass is 393 g/mol. The fourth-order valence-electron chi connectivity index (χ4n) is 4.09. The topological polar surface area (TPSA) is 45.2 Å². The van der Waals surface area contributed by atoms with Crippen LogP contribution in [0, 0.1) is 11.3 Å². The van der Waals surface area contributed by atoms with E-state index in [4.69, 9.17) is 0 Å². The Balaban J connectivity index is 1.63. The van der Waals surface area contributed by atoms with E-state index in [1.807, 2.05) is 45.2 Å². The molecule has 1 aliphatic rings. The van der Waals surface area contributed by atoms with Gasteiger partial charge in [0.15, 0.2) is 0 Å². The smallest absolute Gasteiger partial charge is 0.225 e. The number of benzene rings is 1. The Morgan fingerprint density at radius 2 is 1.76 bits per heavy atom. The number of amides is 1. The predicted molar refractivity (Wildman–Crippen MR) is 119 cm³/mol. The summed E-state index contributed by atoms with van der Waals surface area (Å²) in [6.45, 7) is 11.4. The van der Waals surface area contributed by atoms with Crippen molar-refractivity contribution in [2.75, 3.05) is 19.6 Å². The summed E-state index contributed by atoms with van der Waals surface area (Å²) in [5.74, 6) is 1.03. The van der Waals surface area contributed by atoms with Gasteiger partial charge in [-0.1, -0.05) is 64.1 Å². The van der Waals surface area contributed by atoms with Gasteiger partial charge >= 0.3 is 0 Å². The van der Waals surface area contributed by atoms with E-state index in [2.05, 4.69) is 52.5 Å². The number of nitrogens with zero attached hydrogens (tertiary/aromatic N) is 2. The van der Waals surface area contributed by atoms with Crippen molar-refractivity contribution < 1.29 is 4.79 Å². The normalized spacial score (nSPS) is 18.2. The fourth-order valence-corrected chi connectivity index (χ4v) is 4.09. The highest BCUT2D eigenvalue weighted by Gasteiger charge is 2.32. The van der Waals surface area contributed by atoms with Gasteiger partial charge in [0, 0.05) is 18.2 Å². The Hall–Kier alpha value is -2.20. The van der Waals surface area contributed by atoms with Gasteiger partial charge in [-0.2, -0.15) is 0 Å². The molecular formula is C25H35N3O. The molecule has 0 bridgehead atoms.